The molecule has 116 valence electrons. The predicted molar refractivity (Wildman–Crippen MR) is 92.3 cm³/mol. The maximum absolute atomic E-state index is 13.0. The van der Waals surface area contributed by atoms with E-state index in [1.54, 1.807) is 36.5 Å². The number of nitrogens with one attached hydrogen (secondary N) is 1. The molecule has 3 aromatic rings. The number of hydrogen-bond acceptors (Lipinski definition) is 3. The van der Waals surface area contributed by atoms with Crippen molar-refractivity contribution in [2.45, 2.75) is 0 Å². The summed E-state index contributed by atoms with van der Waals surface area (Å²) in [6.07, 6.45) is 1.58. The first-order chi connectivity index (χ1) is 11.0. The maximum Gasteiger partial charge on any atom is 0.216 e. The maximum atomic E-state index is 13.0. The number of nitrogens with zero attached hydrogens (tertiary/aromatic N) is 3. The fraction of sp³-hybridized carbons (Fsp3) is 0. The fourth-order valence-electron chi connectivity index (χ4n) is 1.90. The van der Waals surface area contributed by atoms with Crippen LogP contribution in [0, 0.1) is 10.6 Å². The molecular formula is C15H9Cl2FN4S. The Labute approximate surface area is 146 Å². The smallest absolute Gasteiger partial charge is 0.216 e. The minimum atomic E-state index is -0.325. The van der Waals surface area contributed by atoms with Gasteiger partial charge in [0.15, 0.2) is 5.82 Å². The molecule has 0 aliphatic heterocycles. The Kier molecular flexibility index (Phi) is 4.56. The Morgan fingerprint density at radius 2 is 1.87 bits per heavy atom. The molecule has 23 heavy (non-hydrogen) atoms. The highest BCUT2D eigenvalue weighted by molar-refractivity contribution is 7.71. The number of aromatic nitrogens is 3. The lowest BCUT2D eigenvalue weighted by atomic mass is 10.2. The lowest BCUT2D eigenvalue weighted by Crippen LogP contribution is -1.95. The molecule has 2 aromatic carbocycles. The summed E-state index contributed by atoms with van der Waals surface area (Å²) < 4.78 is 14.8. The van der Waals surface area contributed by atoms with Crippen LogP contribution in [0.1, 0.15) is 5.56 Å². The van der Waals surface area contributed by atoms with Crippen molar-refractivity contribution in [3.63, 3.8) is 0 Å². The molecule has 0 aliphatic carbocycles. The number of halogens is 3. The van der Waals surface area contributed by atoms with Crippen molar-refractivity contribution >= 4 is 41.6 Å². The van der Waals surface area contributed by atoms with Gasteiger partial charge in [0.1, 0.15) is 5.82 Å². The molecule has 0 spiro atoms. The van der Waals surface area contributed by atoms with Gasteiger partial charge < -0.3 is 0 Å². The van der Waals surface area contributed by atoms with Crippen LogP contribution in [0.4, 0.5) is 4.39 Å². The summed E-state index contributed by atoms with van der Waals surface area (Å²) in [5.74, 6) is 0.153. The molecule has 0 saturated carbocycles. The quantitative estimate of drug-likeness (QED) is 0.527. The third-order valence-corrected chi connectivity index (χ3v) is 4.02. The van der Waals surface area contributed by atoms with E-state index in [0.717, 1.165) is 5.56 Å². The van der Waals surface area contributed by atoms with E-state index in [-0.39, 0.29) is 5.82 Å². The monoisotopic (exact) mass is 366 g/mol. The van der Waals surface area contributed by atoms with Gasteiger partial charge in [0.05, 0.1) is 16.3 Å². The van der Waals surface area contributed by atoms with Gasteiger partial charge >= 0.3 is 0 Å². The largest absolute Gasteiger partial charge is 0.250 e. The summed E-state index contributed by atoms with van der Waals surface area (Å²) in [5.41, 5.74) is 1.44. The summed E-state index contributed by atoms with van der Waals surface area (Å²) in [4.78, 5) is 0. The van der Waals surface area contributed by atoms with E-state index in [2.05, 4.69) is 15.3 Å². The fourth-order valence-corrected chi connectivity index (χ4v) is 2.39. The van der Waals surface area contributed by atoms with Crippen molar-refractivity contribution < 1.29 is 4.39 Å². The molecule has 0 unspecified atom stereocenters. The molecule has 0 bridgehead atoms. The first kappa shape index (κ1) is 15.9. The minimum absolute atomic E-state index is 0.320. The summed E-state index contributed by atoms with van der Waals surface area (Å²) in [6, 6.07) is 11.0. The van der Waals surface area contributed by atoms with E-state index in [0.29, 0.717) is 26.2 Å². The van der Waals surface area contributed by atoms with E-state index >= 15 is 0 Å². The Balaban J connectivity index is 1.98. The third kappa shape index (κ3) is 3.50. The summed E-state index contributed by atoms with van der Waals surface area (Å²) >= 11 is 17.0. The highest BCUT2D eigenvalue weighted by Gasteiger charge is 2.08. The van der Waals surface area contributed by atoms with Gasteiger partial charge in [-0.2, -0.15) is 14.9 Å². The highest BCUT2D eigenvalue weighted by Crippen LogP contribution is 2.22. The molecule has 8 heteroatoms. The number of benzene rings is 2. The summed E-state index contributed by atoms with van der Waals surface area (Å²) in [6.45, 7) is 0. The molecule has 3 rings (SSSR count). The van der Waals surface area contributed by atoms with Crippen molar-refractivity contribution in [1.29, 1.82) is 0 Å². The molecule has 1 aromatic heterocycles. The standard InChI is InChI=1S/C15H9Cl2FN4S/c16-12-6-1-9(7-13(12)17)8-19-22-14(20-21-15(22)23)10-2-4-11(18)5-3-10/h1-8H,(H,21,23)/b19-8-. The van der Waals surface area contributed by atoms with Crippen molar-refractivity contribution in [2.24, 2.45) is 5.10 Å². The van der Waals surface area contributed by atoms with Crippen LogP contribution in [0.5, 0.6) is 0 Å². The molecule has 1 N–H and O–H groups in total. The minimum Gasteiger partial charge on any atom is -0.250 e. The van der Waals surface area contributed by atoms with Crippen molar-refractivity contribution in [1.82, 2.24) is 14.9 Å². The van der Waals surface area contributed by atoms with Gasteiger partial charge in [-0.25, -0.2) is 9.49 Å². The van der Waals surface area contributed by atoms with E-state index in [1.165, 1.54) is 16.8 Å². The van der Waals surface area contributed by atoms with Crippen LogP contribution in [0.15, 0.2) is 47.6 Å². The van der Waals surface area contributed by atoms with Gasteiger partial charge in [-0.15, -0.1) is 0 Å². The molecule has 0 aliphatic rings. The van der Waals surface area contributed by atoms with Crippen LogP contribution in [-0.4, -0.2) is 21.1 Å². The summed E-state index contributed by atoms with van der Waals surface area (Å²) in [7, 11) is 0. The van der Waals surface area contributed by atoms with E-state index < -0.39 is 0 Å². The number of aromatic amines is 1. The zero-order valence-corrected chi connectivity index (χ0v) is 13.8. The average Bonchev–Trinajstić information content (AvgIpc) is 2.90. The molecular weight excluding hydrogens is 358 g/mol. The first-order valence-corrected chi connectivity index (χ1v) is 7.64. The second kappa shape index (κ2) is 6.62. The van der Waals surface area contributed by atoms with E-state index in [9.17, 15) is 4.39 Å². The van der Waals surface area contributed by atoms with Crippen LogP contribution in [-0.2, 0) is 0 Å². The number of H-pyrrole nitrogens is 1. The van der Waals surface area contributed by atoms with Crippen molar-refractivity contribution in [3.8, 4) is 11.4 Å². The normalized spacial score (nSPS) is 11.3. The molecule has 0 fully saturated rings. The summed E-state index contributed by atoms with van der Waals surface area (Å²) in [5, 5.41) is 12.0. The SMILES string of the molecule is Fc1ccc(-c2n[nH]c(=S)n2/N=C\c2ccc(Cl)c(Cl)c2)cc1. The second-order valence-electron chi connectivity index (χ2n) is 4.59. The number of rotatable bonds is 3. The molecule has 0 radical (unpaired) electrons. The van der Waals surface area contributed by atoms with Gasteiger partial charge in [0, 0.05) is 5.56 Å². The van der Waals surface area contributed by atoms with Gasteiger partial charge in [-0.3, -0.25) is 0 Å². The zero-order chi connectivity index (χ0) is 16.4. The predicted octanol–water partition coefficient (Wildman–Crippen LogP) is 4.94. The molecule has 0 atom stereocenters. The zero-order valence-electron chi connectivity index (χ0n) is 11.5. The molecule has 1 heterocycles. The van der Waals surface area contributed by atoms with Gasteiger partial charge in [0.2, 0.25) is 4.77 Å². The highest BCUT2D eigenvalue weighted by atomic mass is 35.5. The van der Waals surface area contributed by atoms with E-state index in [1.807, 2.05) is 0 Å². The Bertz CT molecular complexity index is 931. The van der Waals surface area contributed by atoms with Gasteiger partial charge in [-0.05, 0) is 54.2 Å². The Morgan fingerprint density at radius 3 is 2.57 bits per heavy atom. The topological polar surface area (TPSA) is 46.0 Å². The van der Waals surface area contributed by atoms with Crippen molar-refractivity contribution in [2.75, 3.05) is 0 Å². The Hall–Kier alpha value is -2.02. The molecule has 0 saturated heterocycles. The Morgan fingerprint density at radius 1 is 1.13 bits per heavy atom. The lowest BCUT2D eigenvalue weighted by Gasteiger charge is -2.01. The van der Waals surface area contributed by atoms with Crippen LogP contribution in [0.3, 0.4) is 0 Å². The number of hydrogen-bond donors (Lipinski definition) is 1. The second-order valence-corrected chi connectivity index (χ2v) is 5.79. The van der Waals surface area contributed by atoms with Gasteiger partial charge in [0.25, 0.3) is 0 Å². The van der Waals surface area contributed by atoms with Crippen LogP contribution < -0.4 is 0 Å². The third-order valence-electron chi connectivity index (χ3n) is 3.02. The van der Waals surface area contributed by atoms with Crippen molar-refractivity contribution in [3.05, 3.63) is 68.7 Å². The van der Waals surface area contributed by atoms with Crippen LogP contribution in [0.2, 0.25) is 10.0 Å². The molecule has 0 amide bonds. The molecule has 4 nitrogen and oxygen atoms in total. The lowest BCUT2D eigenvalue weighted by molar-refractivity contribution is 0.628. The van der Waals surface area contributed by atoms with Crippen LogP contribution in [0.25, 0.3) is 11.4 Å². The first-order valence-electron chi connectivity index (χ1n) is 6.47. The van der Waals surface area contributed by atoms with E-state index in [4.69, 9.17) is 35.4 Å². The van der Waals surface area contributed by atoms with Gasteiger partial charge in [-0.1, -0.05) is 29.3 Å². The van der Waals surface area contributed by atoms with Crippen LogP contribution >= 0.6 is 35.4 Å². The average molecular weight is 367 g/mol.